The lowest BCUT2D eigenvalue weighted by Crippen LogP contribution is -2.16. The second kappa shape index (κ2) is 4.81. The van der Waals surface area contributed by atoms with Gasteiger partial charge in [-0.15, -0.1) is 0 Å². The molecule has 0 bridgehead atoms. The van der Waals surface area contributed by atoms with E-state index in [1.54, 1.807) is 36.0 Å². The average molecular weight is 309 g/mol. The smallest absolute Gasteiger partial charge is 0.273 e. The minimum absolute atomic E-state index is 0.199. The van der Waals surface area contributed by atoms with Crippen molar-refractivity contribution in [2.75, 3.05) is 11.1 Å². The average Bonchev–Trinajstić information content (AvgIpc) is 2.63. The molecule has 0 atom stereocenters. The molecule has 0 aliphatic heterocycles. The summed E-state index contributed by atoms with van der Waals surface area (Å²) in [5, 5.41) is 6.93. The van der Waals surface area contributed by atoms with E-state index in [0.717, 1.165) is 10.2 Å². The van der Waals surface area contributed by atoms with Crippen LogP contribution in [0.1, 0.15) is 16.2 Å². The molecule has 0 saturated heterocycles. The van der Waals surface area contributed by atoms with Gasteiger partial charge < -0.3 is 11.1 Å². The van der Waals surface area contributed by atoms with Gasteiger partial charge in [-0.05, 0) is 47.1 Å². The Bertz CT molecular complexity index is 606. The predicted molar refractivity (Wildman–Crippen MR) is 74.5 cm³/mol. The summed E-state index contributed by atoms with van der Waals surface area (Å²) in [4.78, 5) is 12.0. The molecule has 1 aromatic heterocycles. The zero-order chi connectivity index (χ0) is 13.3. The number of nitrogens with two attached hydrogens (primary N) is 1. The Kier molecular flexibility index (Phi) is 3.38. The zero-order valence-electron chi connectivity index (χ0n) is 10.1. The number of rotatable bonds is 2. The van der Waals surface area contributed by atoms with E-state index in [2.05, 4.69) is 26.3 Å². The number of halogens is 1. The van der Waals surface area contributed by atoms with Gasteiger partial charge in [0.1, 0.15) is 5.69 Å². The van der Waals surface area contributed by atoms with E-state index in [9.17, 15) is 4.79 Å². The number of aromatic nitrogens is 2. The van der Waals surface area contributed by atoms with Crippen molar-refractivity contribution in [2.24, 2.45) is 7.05 Å². The van der Waals surface area contributed by atoms with Crippen LogP contribution in [0, 0.1) is 6.92 Å². The van der Waals surface area contributed by atoms with Crippen molar-refractivity contribution in [3.05, 3.63) is 40.1 Å². The molecule has 18 heavy (non-hydrogen) atoms. The van der Waals surface area contributed by atoms with E-state index < -0.39 is 0 Å². The van der Waals surface area contributed by atoms with Crippen LogP contribution in [0.3, 0.4) is 0 Å². The van der Waals surface area contributed by atoms with Crippen LogP contribution in [-0.2, 0) is 7.05 Å². The van der Waals surface area contributed by atoms with Crippen molar-refractivity contribution in [3.63, 3.8) is 0 Å². The molecule has 1 heterocycles. The van der Waals surface area contributed by atoms with Crippen molar-refractivity contribution < 1.29 is 4.79 Å². The Morgan fingerprint density at radius 1 is 1.44 bits per heavy atom. The third-order valence-electron chi connectivity index (χ3n) is 2.49. The summed E-state index contributed by atoms with van der Waals surface area (Å²) in [6, 6.07) is 6.98. The first-order valence-electron chi connectivity index (χ1n) is 5.34. The van der Waals surface area contributed by atoms with E-state index in [1.165, 1.54) is 0 Å². The minimum atomic E-state index is -0.199. The fourth-order valence-corrected chi connectivity index (χ4v) is 2.00. The van der Waals surface area contributed by atoms with Gasteiger partial charge in [0.05, 0.1) is 5.69 Å². The Hall–Kier alpha value is -1.82. The monoisotopic (exact) mass is 308 g/mol. The molecule has 3 N–H and O–H groups in total. The highest BCUT2D eigenvalue weighted by Gasteiger charge is 2.12. The lowest BCUT2D eigenvalue weighted by Gasteiger charge is -2.06. The third kappa shape index (κ3) is 2.53. The van der Waals surface area contributed by atoms with Crippen molar-refractivity contribution in [3.8, 4) is 0 Å². The predicted octanol–water partition coefficient (Wildman–Crippen LogP) is 2.33. The number of anilines is 2. The number of carbonyl (C=O) groups is 1. The molecule has 6 heteroatoms. The highest BCUT2D eigenvalue weighted by molar-refractivity contribution is 9.10. The standard InChI is InChI=1S/C12H13BrN4O/c1-7-5-11(17(2)16-7)12(18)15-8-3-4-10(14)9(13)6-8/h3-6H,14H2,1-2H3,(H,15,18). The second-order valence-electron chi connectivity index (χ2n) is 3.98. The van der Waals surface area contributed by atoms with Crippen LogP contribution in [0.2, 0.25) is 0 Å². The summed E-state index contributed by atoms with van der Waals surface area (Å²) in [5.41, 5.74) is 8.31. The first kappa shape index (κ1) is 12.6. The van der Waals surface area contributed by atoms with Crippen molar-refractivity contribution in [1.29, 1.82) is 0 Å². The first-order chi connectivity index (χ1) is 8.47. The molecule has 94 valence electrons. The van der Waals surface area contributed by atoms with Crippen LogP contribution < -0.4 is 11.1 Å². The number of nitrogens with zero attached hydrogens (tertiary/aromatic N) is 2. The topological polar surface area (TPSA) is 72.9 Å². The number of hydrogen-bond donors (Lipinski definition) is 2. The van der Waals surface area contributed by atoms with Gasteiger partial charge in [-0.1, -0.05) is 0 Å². The number of carbonyl (C=O) groups excluding carboxylic acids is 1. The summed E-state index contributed by atoms with van der Waals surface area (Å²) in [6.07, 6.45) is 0. The van der Waals surface area contributed by atoms with Crippen molar-refractivity contribution in [2.45, 2.75) is 6.92 Å². The zero-order valence-corrected chi connectivity index (χ0v) is 11.7. The number of benzene rings is 1. The number of aryl methyl sites for hydroxylation is 2. The van der Waals surface area contributed by atoms with Gasteiger partial charge in [-0.3, -0.25) is 9.48 Å². The molecule has 0 saturated carbocycles. The molecule has 0 aliphatic carbocycles. The Morgan fingerprint density at radius 2 is 2.17 bits per heavy atom. The third-order valence-corrected chi connectivity index (χ3v) is 3.18. The number of hydrogen-bond acceptors (Lipinski definition) is 3. The fourth-order valence-electron chi connectivity index (χ4n) is 1.62. The van der Waals surface area contributed by atoms with Crippen molar-refractivity contribution in [1.82, 2.24) is 9.78 Å². The molecule has 0 unspecified atom stereocenters. The van der Waals surface area contributed by atoms with Gasteiger partial charge in [0.15, 0.2) is 0 Å². The quantitative estimate of drug-likeness (QED) is 0.836. The molecule has 0 fully saturated rings. The minimum Gasteiger partial charge on any atom is -0.398 e. The molecule has 0 aliphatic rings. The van der Waals surface area contributed by atoms with E-state index in [4.69, 9.17) is 5.73 Å². The van der Waals surface area contributed by atoms with E-state index in [-0.39, 0.29) is 5.91 Å². The lowest BCUT2D eigenvalue weighted by atomic mass is 10.2. The molecule has 5 nitrogen and oxygen atoms in total. The Labute approximate surface area is 113 Å². The molecule has 0 radical (unpaired) electrons. The molecule has 1 aromatic carbocycles. The lowest BCUT2D eigenvalue weighted by molar-refractivity contribution is 0.101. The fraction of sp³-hybridized carbons (Fsp3) is 0.167. The Morgan fingerprint density at radius 3 is 2.72 bits per heavy atom. The normalized spacial score (nSPS) is 10.4. The van der Waals surface area contributed by atoms with Gasteiger partial charge in [0, 0.05) is 22.9 Å². The van der Waals surface area contributed by atoms with Crippen LogP contribution in [-0.4, -0.2) is 15.7 Å². The maximum absolute atomic E-state index is 12.0. The maximum Gasteiger partial charge on any atom is 0.273 e. The van der Waals surface area contributed by atoms with Crippen LogP contribution in [0.4, 0.5) is 11.4 Å². The number of nitrogens with one attached hydrogen (secondary N) is 1. The maximum atomic E-state index is 12.0. The summed E-state index contributed by atoms with van der Waals surface area (Å²) < 4.78 is 2.30. The van der Waals surface area contributed by atoms with Crippen molar-refractivity contribution >= 4 is 33.2 Å². The van der Waals surface area contributed by atoms with Gasteiger partial charge in [-0.25, -0.2) is 0 Å². The largest absolute Gasteiger partial charge is 0.398 e. The number of nitrogen functional groups attached to an aromatic ring is 1. The highest BCUT2D eigenvalue weighted by Crippen LogP contribution is 2.23. The van der Waals surface area contributed by atoms with Crippen LogP contribution in [0.25, 0.3) is 0 Å². The van der Waals surface area contributed by atoms with E-state index in [1.807, 2.05) is 6.92 Å². The molecular weight excluding hydrogens is 296 g/mol. The van der Waals surface area contributed by atoms with Gasteiger partial charge in [0.2, 0.25) is 0 Å². The van der Waals surface area contributed by atoms with Crippen LogP contribution in [0.15, 0.2) is 28.7 Å². The van der Waals surface area contributed by atoms with E-state index >= 15 is 0 Å². The van der Waals surface area contributed by atoms with Crippen LogP contribution in [0.5, 0.6) is 0 Å². The van der Waals surface area contributed by atoms with Gasteiger partial charge >= 0.3 is 0 Å². The van der Waals surface area contributed by atoms with Gasteiger partial charge in [-0.2, -0.15) is 5.10 Å². The van der Waals surface area contributed by atoms with E-state index in [0.29, 0.717) is 17.1 Å². The van der Waals surface area contributed by atoms with Crippen LogP contribution >= 0.6 is 15.9 Å². The summed E-state index contributed by atoms with van der Waals surface area (Å²) in [7, 11) is 1.74. The molecule has 2 aromatic rings. The molecule has 0 spiro atoms. The summed E-state index contributed by atoms with van der Waals surface area (Å²) in [6.45, 7) is 1.84. The molecule has 1 amide bonds. The SMILES string of the molecule is Cc1cc(C(=O)Nc2ccc(N)c(Br)c2)n(C)n1. The highest BCUT2D eigenvalue weighted by atomic mass is 79.9. The summed E-state index contributed by atoms with van der Waals surface area (Å²) in [5.74, 6) is -0.199. The first-order valence-corrected chi connectivity index (χ1v) is 6.13. The number of amides is 1. The Balaban J connectivity index is 2.21. The summed E-state index contributed by atoms with van der Waals surface area (Å²) >= 11 is 3.32. The second-order valence-corrected chi connectivity index (χ2v) is 4.84. The van der Waals surface area contributed by atoms with Gasteiger partial charge in [0.25, 0.3) is 5.91 Å². The molecule has 2 rings (SSSR count). The molecular formula is C12H13BrN4O.